The molecule has 2 atom stereocenters. The maximum atomic E-state index is 12.7. The van der Waals surface area contributed by atoms with E-state index in [-0.39, 0.29) is 12.1 Å². The Bertz CT molecular complexity index is 2260. The van der Waals surface area contributed by atoms with Crippen LogP contribution in [0, 0.1) is 6.92 Å². The number of hydrogen-bond acceptors (Lipinski definition) is 13. The first-order chi connectivity index (χ1) is 28.7. The number of nitrogens with one attached hydrogen (secondary N) is 1. The minimum absolute atomic E-state index is 0.0683. The molecule has 0 fully saturated rings. The van der Waals surface area contributed by atoms with E-state index in [4.69, 9.17) is 43.7 Å². The Labute approximate surface area is 352 Å². The van der Waals surface area contributed by atoms with Crippen LogP contribution in [-0.4, -0.2) is 93.8 Å². The van der Waals surface area contributed by atoms with Crippen molar-refractivity contribution in [2.75, 3.05) is 51.7 Å². The van der Waals surface area contributed by atoms with Crippen LogP contribution in [0.2, 0.25) is 0 Å². The topological polar surface area (TPSA) is 158 Å². The number of anilines is 2. The highest BCUT2D eigenvalue weighted by atomic mass is 16.6. The summed E-state index contributed by atoms with van der Waals surface area (Å²) in [5.74, 6) is 3.55. The zero-order valence-electron chi connectivity index (χ0n) is 36.4. The van der Waals surface area contributed by atoms with Crippen molar-refractivity contribution in [3.8, 4) is 23.0 Å². The van der Waals surface area contributed by atoms with Crippen molar-refractivity contribution in [3.63, 3.8) is 0 Å². The normalized spacial score (nSPS) is 14.0. The number of fused-ring (bicyclic) bond motifs is 1. The largest absolute Gasteiger partial charge is 0.497 e. The van der Waals surface area contributed by atoms with Gasteiger partial charge in [-0.3, -0.25) is 4.98 Å². The molecule has 0 aliphatic carbocycles. The lowest BCUT2D eigenvalue weighted by Gasteiger charge is -2.29. The number of methoxy groups -OCH3 is 4. The number of pyridine rings is 1. The molecule has 2 aromatic carbocycles. The number of aliphatic hydroxyl groups is 1. The van der Waals surface area contributed by atoms with Crippen LogP contribution >= 0.6 is 0 Å². The average Bonchev–Trinajstić information content (AvgIpc) is 3.66. The number of aliphatic hydroxyl groups excluding tert-OH is 1. The van der Waals surface area contributed by atoms with Gasteiger partial charge in [0, 0.05) is 67.2 Å². The summed E-state index contributed by atoms with van der Waals surface area (Å²) in [6, 6.07) is 13.4. The quantitative estimate of drug-likeness (QED) is 0.0996. The number of imidazole rings is 1. The van der Waals surface area contributed by atoms with Crippen molar-refractivity contribution in [2.24, 2.45) is 0 Å². The number of aryl methyl sites for hydroxylation is 1. The molecule has 0 spiro atoms. The average molecular weight is 823 g/mol. The first-order valence-electron chi connectivity index (χ1n) is 20.3. The molecule has 60 heavy (non-hydrogen) atoms. The lowest BCUT2D eigenvalue weighted by molar-refractivity contribution is 0.0270. The van der Waals surface area contributed by atoms with Crippen molar-refractivity contribution in [1.82, 2.24) is 29.5 Å². The summed E-state index contributed by atoms with van der Waals surface area (Å²) in [6.45, 7) is 13.5. The summed E-state index contributed by atoms with van der Waals surface area (Å²) in [5, 5.41) is 20.5. The summed E-state index contributed by atoms with van der Waals surface area (Å²) in [7, 11) is 6.50. The molecule has 0 saturated carbocycles. The predicted molar refractivity (Wildman–Crippen MR) is 231 cm³/mol. The van der Waals surface area contributed by atoms with Crippen molar-refractivity contribution in [3.05, 3.63) is 94.6 Å². The monoisotopic (exact) mass is 822 g/mol. The molecule has 15 nitrogen and oxygen atoms in total. The zero-order chi connectivity index (χ0) is 43.1. The second-order valence-corrected chi connectivity index (χ2v) is 16.0. The summed E-state index contributed by atoms with van der Waals surface area (Å²) >= 11 is 0. The molecule has 2 unspecified atom stereocenters. The fraction of sp³-hybridized carbons (Fsp3) is 0.444. The Balaban J connectivity index is 1.40. The number of rotatable bonds is 16. The number of aromatic nitrogens is 5. The van der Waals surface area contributed by atoms with E-state index in [9.17, 15) is 9.90 Å². The number of carbonyl (C=O) groups excluding carboxylic acids is 1. The van der Waals surface area contributed by atoms with Crippen LogP contribution in [0.5, 0.6) is 23.0 Å². The van der Waals surface area contributed by atoms with Crippen LogP contribution in [0.4, 0.5) is 16.6 Å². The third kappa shape index (κ3) is 10.0. The SMILES string of the molecule is CCCC(C)Nc1nc(N(Cc2ccc(OC)cc2OC)Cc2ccc(OC)cc2OC)c2ncc(C(O)c3cnc(C4=CCN(C(=O)OC(C)(C)C)CC4)c(C)c3)n2n1. The van der Waals surface area contributed by atoms with Gasteiger partial charge in [-0.25, -0.2) is 14.3 Å². The molecule has 2 N–H and O–H groups in total. The molecule has 1 amide bonds. The van der Waals surface area contributed by atoms with E-state index >= 15 is 0 Å². The fourth-order valence-electron chi connectivity index (χ4n) is 7.28. The molecule has 15 heteroatoms. The van der Waals surface area contributed by atoms with E-state index in [1.54, 1.807) is 50.2 Å². The Morgan fingerprint density at radius 1 is 0.933 bits per heavy atom. The first-order valence-corrected chi connectivity index (χ1v) is 20.3. The lowest BCUT2D eigenvalue weighted by Crippen LogP contribution is -2.39. The van der Waals surface area contributed by atoms with E-state index in [2.05, 4.69) is 24.1 Å². The van der Waals surface area contributed by atoms with E-state index in [1.807, 2.05) is 76.2 Å². The summed E-state index contributed by atoms with van der Waals surface area (Å²) in [4.78, 5) is 31.2. The molecule has 6 rings (SSSR count). The second-order valence-electron chi connectivity index (χ2n) is 16.0. The molecule has 1 aliphatic heterocycles. The van der Waals surface area contributed by atoms with Crippen LogP contribution < -0.4 is 29.2 Å². The zero-order valence-corrected chi connectivity index (χ0v) is 36.4. The van der Waals surface area contributed by atoms with Crippen LogP contribution in [0.15, 0.2) is 60.9 Å². The molecule has 0 radical (unpaired) electrons. The van der Waals surface area contributed by atoms with Gasteiger partial charge in [-0.1, -0.05) is 19.4 Å². The van der Waals surface area contributed by atoms with Crippen molar-refractivity contribution >= 4 is 29.1 Å². The number of ether oxygens (including phenoxy) is 5. The molecular weight excluding hydrogens is 765 g/mol. The van der Waals surface area contributed by atoms with Crippen molar-refractivity contribution in [1.29, 1.82) is 0 Å². The lowest BCUT2D eigenvalue weighted by atomic mass is 9.98. The van der Waals surface area contributed by atoms with Crippen molar-refractivity contribution in [2.45, 2.75) is 91.6 Å². The van der Waals surface area contributed by atoms with Gasteiger partial charge in [-0.05, 0) is 88.9 Å². The highest BCUT2D eigenvalue weighted by Gasteiger charge is 2.28. The highest BCUT2D eigenvalue weighted by Crippen LogP contribution is 2.35. The molecule has 1 aliphatic rings. The third-order valence-corrected chi connectivity index (χ3v) is 10.3. The number of hydrogen-bond donors (Lipinski definition) is 2. The third-order valence-electron chi connectivity index (χ3n) is 10.3. The molecular formula is C45H58N8O7. The molecule has 5 aromatic rings. The minimum atomic E-state index is -1.12. The Morgan fingerprint density at radius 2 is 1.58 bits per heavy atom. The Kier molecular flexibility index (Phi) is 13.7. The minimum Gasteiger partial charge on any atom is -0.497 e. The molecule has 320 valence electrons. The first kappa shape index (κ1) is 43.5. The van der Waals surface area contributed by atoms with E-state index in [0.717, 1.165) is 40.8 Å². The van der Waals surface area contributed by atoms with Gasteiger partial charge in [0.1, 0.15) is 34.7 Å². The highest BCUT2D eigenvalue weighted by molar-refractivity contribution is 5.73. The fourth-order valence-corrected chi connectivity index (χ4v) is 7.28. The number of nitrogens with zero attached hydrogens (tertiary/aromatic N) is 7. The Morgan fingerprint density at radius 3 is 2.12 bits per heavy atom. The van der Waals surface area contributed by atoms with Gasteiger partial charge in [0.2, 0.25) is 5.95 Å². The molecule has 4 heterocycles. The summed E-state index contributed by atoms with van der Waals surface area (Å²) in [5.41, 5.74) is 5.45. The Hall–Kier alpha value is -6.09. The van der Waals surface area contributed by atoms with Gasteiger partial charge in [0.05, 0.1) is 46.0 Å². The molecule has 3 aromatic heterocycles. The van der Waals surface area contributed by atoms with E-state index in [1.165, 1.54) is 0 Å². The standard InChI is InChI=1S/C45H58N8O7/c1-11-12-29(3)48-43-49-42(52(26-31-13-15-34(56-7)22-37(31)58-9)27-32-14-16-35(57-8)23-38(32)59-10)41-47-25-36(53(41)50-43)40(54)33-21-28(2)39(46-24-33)30-17-19-51(20-18-30)44(55)60-45(4,5)6/h13-17,21-25,29,40,54H,11-12,18-20,26-27H2,1-10H3,(H,48,50). The second kappa shape index (κ2) is 18.9. The van der Waals surface area contributed by atoms with Gasteiger partial charge in [-0.2, -0.15) is 4.98 Å². The summed E-state index contributed by atoms with van der Waals surface area (Å²) in [6.07, 6.45) is 6.40. The number of carbonyl (C=O) groups is 1. The van der Waals surface area contributed by atoms with Crippen molar-refractivity contribution < 1.29 is 33.6 Å². The molecule has 0 bridgehead atoms. The van der Waals surface area contributed by atoms with E-state index in [0.29, 0.717) is 84.3 Å². The predicted octanol–water partition coefficient (Wildman–Crippen LogP) is 7.78. The van der Waals surface area contributed by atoms with Gasteiger partial charge < -0.3 is 43.9 Å². The smallest absolute Gasteiger partial charge is 0.410 e. The maximum Gasteiger partial charge on any atom is 0.410 e. The van der Waals surface area contributed by atoms with Crippen LogP contribution in [0.1, 0.15) is 93.6 Å². The van der Waals surface area contributed by atoms with Gasteiger partial charge in [0.15, 0.2) is 11.5 Å². The number of amides is 1. The van der Waals surface area contributed by atoms with Gasteiger partial charge in [-0.15, -0.1) is 5.10 Å². The van der Waals surface area contributed by atoms with Gasteiger partial charge in [0.25, 0.3) is 0 Å². The van der Waals surface area contributed by atoms with Crippen LogP contribution in [-0.2, 0) is 17.8 Å². The summed E-state index contributed by atoms with van der Waals surface area (Å²) < 4.78 is 29.9. The van der Waals surface area contributed by atoms with Gasteiger partial charge >= 0.3 is 6.09 Å². The van der Waals surface area contributed by atoms with E-state index < -0.39 is 11.7 Å². The molecule has 0 saturated heterocycles. The number of benzene rings is 2. The van der Waals surface area contributed by atoms with Crippen LogP contribution in [0.25, 0.3) is 11.2 Å². The maximum absolute atomic E-state index is 12.7. The van der Waals surface area contributed by atoms with Crippen LogP contribution in [0.3, 0.4) is 0 Å².